The van der Waals surface area contributed by atoms with Crippen LogP contribution < -0.4 is 4.90 Å². The number of hydrogen-bond acceptors (Lipinski definition) is 1. The van der Waals surface area contributed by atoms with Crippen molar-refractivity contribution in [2.24, 2.45) is 35.5 Å². The van der Waals surface area contributed by atoms with Crippen LogP contribution in [0.2, 0.25) is 0 Å². The molecule has 6 bridgehead atoms. The molecule has 0 N–H and O–H groups in total. The lowest BCUT2D eigenvalue weighted by atomic mass is 9.50. The summed E-state index contributed by atoms with van der Waals surface area (Å²) in [4.78, 5) is 2.69. The Hall–Kier alpha value is -4.10. The Morgan fingerprint density at radius 1 is 0.449 bits per heavy atom. The van der Waals surface area contributed by atoms with Crippen molar-refractivity contribution in [1.82, 2.24) is 0 Å². The lowest BCUT2D eigenvalue weighted by molar-refractivity contribution is 0.0621. The van der Waals surface area contributed by atoms with Gasteiger partial charge in [0.1, 0.15) is 0 Å². The second kappa shape index (κ2) is 9.78. The maximum absolute atomic E-state index is 2.69. The van der Waals surface area contributed by atoms with E-state index in [1.807, 2.05) is 0 Å². The fourth-order valence-corrected chi connectivity index (χ4v) is 14.0. The number of hydrogen-bond donors (Lipinski definition) is 0. The first-order chi connectivity index (χ1) is 24.2. The Kier molecular flexibility index (Phi) is 5.53. The number of fused-ring (bicyclic) bond motifs is 12. The van der Waals surface area contributed by atoms with Crippen LogP contribution in [-0.4, -0.2) is 0 Å². The van der Waals surface area contributed by atoms with E-state index in [9.17, 15) is 0 Å². The molecular weight excluding hydrogens is 591 g/mol. The molecule has 0 aliphatic heterocycles. The van der Waals surface area contributed by atoms with Crippen molar-refractivity contribution in [2.75, 3.05) is 4.90 Å². The van der Waals surface area contributed by atoms with Crippen molar-refractivity contribution in [3.8, 4) is 22.3 Å². The van der Waals surface area contributed by atoms with Crippen LogP contribution in [0.25, 0.3) is 22.3 Å². The molecule has 0 heterocycles. The van der Waals surface area contributed by atoms with Gasteiger partial charge in [-0.2, -0.15) is 0 Å². The van der Waals surface area contributed by atoms with Crippen LogP contribution in [0.15, 0.2) is 115 Å². The van der Waals surface area contributed by atoms with E-state index in [1.165, 1.54) is 104 Å². The fraction of sp³-hybridized carbons (Fsp3) is 0.375. The van der Waals surface area contributed by atoms with Gasteiger partial charge in [0.15, 0.2) is 0 Å². The fourth-order valence-electron chi connectivity index (χ4n) is 14.0. The molecule has 0 saturated heterocycles. The van der Waals surface area contributed by atoms with Crippen molar-refractivity contribution >= 4 is 17.1 Å². The third-order valence-corrected chi connectivity index (χ3v) is 15.4. The van der Waals surface area contributed by atoms with Gasteiger partial charge in [0.25, 0.3) is 0 Å². The minimum atomic E-state index is 0.0972. The Bertz CT molecular complexity index is 2150. The van der Waals surface area contributed by atoms with E-state index in [0.717, 1.165) is 35.5 Å². The number of benzene rings is 5. The van der Waals surface area contributed by atoms with Crippen molar-refractivity contribution in [1.29, 1.82) is 0 Å². The smallest absolute Gasteiger partial charge is 0.0509 e. The van der Waals surface area contributed by atoms with Gasteiger partial charge < -0.3 is 4.90 Å². The minimum absolute atomic E-state index is 0.0972. The predicted molar refractivity (Wildman–Crippen MR) is 201 cm³/mol. The molecule has 8 aliphatic rings. The van der Waals surface area contributed by atoms with Crippen molar-refractivity contribution in [2.45, 2.75) is 75.0 Å². The Labute approximate surface area is 291 Å². The van der Waals surface area contributed by atoms with Gasteiger partial charge in [0.05, 0.1) is 5.69 Å². The number of rotatable bonds is 3. The molecule has 8 atom stereocenters. The SMILES string of the molecule is c1ccc(N(c2ccc3c(c2)C2(CC4CCC2C4)c2ccccc2-3)c2cccc3c2C2(c4ccccc4-3)C3CCC4CC(C3)CC2C4)cc1. The van der Waals surface area contributed by atoms with Gasteiger partial charge in [-0.3, -0.25) is 0 Å². The van der Waals surface area contributed by atoms with Crippen molar-refractivity contribution < 1.29 is 0 Å². The summed E-state index contributed by atoms with van der Waals surface area (Å²) < 4.78 is 0. The zero-order valence-electron chi connectivity index (χ0n) is 28.5. The normalized spacial score (nSPS) is 33.5. The number of para-hydroxylation sites is 1. The first kappa shape index (κ1) is 27.7. The van der Waals surface area contributed by atoms with Gasteiger partial charge in [0.2, 0.25) is 0 Å². The van der Waals surface area contributed by atoms with Gasteiger partial charge in [-0.15, -0.1) is 0 Å². The average molecular weight is 636 g/mol. The van der Waals surface area contributed by atoms with Gasteiger partial charge in [-0.1, -0.05) is 97.8 Å². The van der Waals surface area contributed by atoms with Crippen LogP contribution in [0.1, 0.15) is 86.5 Å². The molecular formula is C48H45N. The molecule has 1 nitrogen and oxygen atoms in total. The molecule has 5 aromatic rings. The molecule has 13 rings (SSSR count). The Morgan fingerprint density at radius 3 is 1.96 bits per heavy atom. The van der Waals surface area contributed by atoms with Gasteiger partial charge in [-0.25, -0.2) is 0 Å². The first-order valence-corrected chi connectivity index (χ1v) is 19.6. The van der Waals surface area contributed by atoms with Gasteiger partial charge >= 0.3 is 0 Å². The van der Waals surface area contributed by atoms with Crippen LogP contribution in [-0.2, 0) is 10.8 Å². The van der Waals surface area contributed by atoms with Crippen LogP contribution in [0.3, 0.4) is 0 Å². The van der Waals surface area contributed by atoms with E-state index >= 15 is 0 Å². The van der Waals surface area contributed by atoms with E-state index < -0.39 is 0 Å². The van der Waals surface area contributed by atoms with E-state index in [4.69, 9.17) is 0 Å². The molecule has 5 aromatic carbocycles. The van der Waals surface area contributed by atoms with Crippen molar-refractivity contribution in [3.63, 3.8) is 0 Å². The van der Waals surface area contributed by atoms with Crippen LogP contribution in [0.4, 0.5) is 17.1 Å². The number of anilines is 3. The summed E-state index contributed by atoms with van der Waals surface area (Å²) in [5.74, 6) is 4.91. The Balaban J connectivity index is 1.12. The highest BCUT2D eigenvalue weighted by atomic mass is 15.1. The molecule has 0 aromatic heterocycles. The molecule has 6 saturated carbocycles. The molecule has 1 heteroatoms. The standard InChI is InChI=1S/C48H45N/c1-2-9-36(10-3-1)49(37-21-22-40-38-11-4-6-14-42(38)47(44(40)28-37)29-31-18-19-33(47)25-31)45-16-8-13-41-39-12-5-7-15-43(39)48(46(41)45)34-20-17-30-23-32(26-34)27-35(48)24-30/h1-16,21-22,28,30-35H,17-20,23-27,29H2. The number of nitrogens with zero attached hydrogens (tertiary/aromatic N) is 1. The van der Waals surface area contributed by atoms with Crippen LogP contribution in [0.5, 0.6) is 0 Å². The monoisotopic (exact) mass is 635 g/mol. The van der Waals surface area contributed by atoms with Gasteiger partial charge in [0, 0.05) is 22.2 Å². The molecule has 8 unspecified atom stereocenters. The molecule has 2 spiro atoms. The van der Waals surface area contributed by atoms with Crippen LogP contribution in [0, 0.1) is 35.5 Å². The lowest BCUT2D eigenvalue weighted by Gasteiger charge is -2.53. The van der Waals surface area contributed by atoms with E-state index in [-0.39, 0.29) is 10.8 Å². The lowest BCUT2D eigenvalue weighted by Crippen LogP contribution is -2.48. The second-order valence-corrected chi connectivity index (χ2v) is 17.3. The molecule has 8 aliphatic carbocycles. The molecule has 0 amide bonds. The maximum atomic E-state index is 2.69. The zero-order chi connectivity index (χ0) is 31.9. The summed E-state index contributed by atoms with van der Waals surface area (Å²) in [7, 11) is 0. The highest BCUT2D eigenvalue weighted by Crippen LogP contribution is 2.70. The summed E-state index contributed by atoms with van der Waals surface area (Å²) in [6.45, 7) is 0. The summed E-state index contributed by atoms with van der Waals surface area (Å²) in [5.41, 5.74) is 16.8. The quantitative estimate of drug-likeness (QED) is 0.191. The minimum Gasteiger partial charge on any atom is -0.310 e. The molecule has 6 fully saturated rings. The van der Waals surface area contributed by atoms with Crippen molar-refractivity contribution in [3.05, 3.63) is 138 Å². The topological polar surface area (TPSA) is 3.24 Å². The van der Waals surface area contributed by atoms with Gasteiger partial charge in [-0.05, 0) is 162 Å². The highest BCUT2D eigenvalue weighted by molar-refractivity contribution is 5.92. The molecule has 0 radical (unpaired) electrons. The highest BCUT2D eigenvalue weighted by Gasteiger charge is 2.61. The molecule has 242 valence electrons. The van der Waals surface area contributed by atoms with Crippen LogP contribution >= 0.6 is 0 Å². The average Bonchev–Trinajstić information content (AvgIpc) is 3.87. The second-order valence-electron chi connectivity index (χ2n) is 17.3. The predicted octanol–water partition coefficient (Wildman–Crippen LogP) is 12.4. The molecule has 49 heavy (non-hydrogen) atoms. The first-order valence-electron chi connectivity index (χ1n) is 19.6. The summed E-state index contributed by atoms with van der Waals surface area (Å²) in [5, 5.41) is 0. The Morgan fingerprint density at radius 2 is 1.12 bits per heavy atom. The largest absolute Gasteiger partial charge is 0.310 e. The van der Waals surface area contributed by atoms with E-state index in [1.54, 1.807) is 22.3 Å². The van der Waals surface area contributed by atoms with E-state index in [0.29, 0.717) is 0 Å². The summed E-state index contributed by atoms with van der Waals surface area (Å²) in [6, 6.07) is 45.4. The summed E-state index contributed by atoms with van der Waals surface area (Å²) >= 11 is 0. The third kappa shape index (κ3) is 3.43. The third-order valence-electron chi connectivity index (χ3n) is 15.4. The zero-order valence-corrected chi connectivity index (χ0v) is 28.5. The van der Waals surface area contributed by atoms with E-state index in [2.05, 4.69) is 120 Å². The maximum Gasteiger partial charge on any atom is 0.0509 e. The summed E-state index contributed by atoms with van der Waals surface area (Å²) in [6.07, 6.45) is 14.0.